The van der Waals surface area contributed by atoms with Crippen molar-refractivity contribution in [2.45, 2.75) is 25.3 Å². The Morgan fingerprint density at radius 1 is 1.50 bits per heavy atom. The molecule has 0 spiro atoms. The number of fused-ring (bicyclic) bond motifs is 3. The Bertz CT molecular complexity index is 231. The third kappa shape index (κ3) is 1.98. The van der Waals surface area contributed by atoms with Crippen molar-refractivity contribution in [2.75, 3.05) is 19.7 Å². The second kappa shape index (κ2) is 4.13. The van der Waals surface area contributed by atoms with Crippen molar-refractivity contribution in [2.24, 2.45) is 5.92 Å². The van der Waals surface area contributed by atoms with E-state index in [-0.39, 0.29) is 5.97 Å². The Balaban J connectivity index is 1.81. The normalized spacial score (nSPS) is 35.3. The quantitative estimate of drug-likeness (QED) is 0.500. The van der Waals surface area contributed by atoms with E-state index in [9.17, 15) is 4.79 Å². The van der Waals surface area contributed by atoms with Gasteiger partial charge in [-0.2, -0.15) is 0 Å². The van der Waals surface area contributed by atoms with E-state index < -0.39 is 0 Å². The average Bonchev–Trinajstić information content (AvgIpc) is 2.27. The molecule has 2 bridgehead atoms. The molecule has 3 nitrogen and oxygen atoms in total. The van der Waals surface area contributed by atoms with Crippen molar-refractivity contribution < 1.29 is 9.53 Å². The summed E-state index contributed by atoms with van der Waals surface area (Å²) >= 11 is 0. The highest BCUT2D eigenvalue weighted by Crippen LogP contribution is 2.31. The second-order valence-electron chi connectivity index (χ2n) is 4.20. The fourth-order valence-electron chi connectivity index (χ4n) is 2.50. The first-order valence-electron chi connectivity index (χ1n) is 5.33. The van der Waals surface area contributed by atoms with Crippen molar-refractivity contribution in [3.8, 4) is 0 Å². The number of hydrogen-bond acceptors (Lipinski definition) is 3. The second-order valence-corrected chi connectivity index (χ2v) is 4.20. The van der Waals surface area contributed by atoms with E-state index in [0.717, 1.165) is 5.92 Å². The van der Waals surface area contributed by atoms with Crippen LogP contribution in [0.2, 0.25) is 0 Å². The molecule has 0 aromatic heterocycles. The van der Waals surface area contributed by atoms with Crippen molar-refractivity contribution in [3.05, 3.63) is 12.7 Å². The highest BCUT2D eigenvalue weighted by atomic mass is 16.5. The van der Waals surface area contributed by atoms with Crippen LogP contribution < -0.4 is 0 Å². The Hall–Kier alpha value is -0.830. The summed E-state index contributed by atoms with van der Waals surface area (Å²) in [5.41, 5.74) is 0. The van der Waals surface area contributed by atoms with E-state index in [0.29, 0.717) is 12.6 Å². The summed E-state index contributed by atoms with van der Waals surface area (Å²) in [4.78, 5) is 13.3. The van der Waals surface area contributed by atoms with Crippen LogP contribution in [0.15, 0.2) is 12.7 Å². The lowest BCUT2D eigenvalue weighted by Gasteiger charge is -2.44. The van der Waals surface area contributed by atoms with Crippen LogP contribution in [0, 0.1) is 5.92 Å². The molecular weight excluding hydrogens is 178 g/mol. The van der Waals surface area contributed by atoms with Gasteiger partial charge in [-0.1, -0.05) is 6.58 Å². The molecule has 3 rings (SSSR count). The summed E-state index contributed by atoms with van der Waals surface area (Å²) in [5.74, 6) is 0.570. The van der Waals surface area contributed by atoms with Gasteiger partial charge in [0.25, 0.3) is 0 Å². The van der Waals surface area contributed by atoms with Gasteiger partial charge in [-0.3, -0.25) is 4.90 Å². The fourth-order valence-corrected chi connectivity index (χ4v) is 2.50. The Kier molecular flexibility index (Phi) is 2.87. The van der Waals surface area contributed by atoms with E-state index in [2.05, 4.69) is 11.5 Å². The van der Waals surface area contributed by atoms with Gasteiger partial charge in [-0.25, -0.2) is 4.79 Å². The fraction of sp³-hybridized carbons (Fsp3) is 0.727. The molecule has 78 valence electrons. The number of nitrogens with zero attached hydrogens (tertiary/aromatic N) is 1. The van der Waals surface area contributed by atoms with Gasteiger partial charge < -0.3 is 4.74 Å². The van der Waals surface area contributed by atoms with Gasteiger partial charge in [0, 0.05) is 12.1 Å². The number of esters is 1. The molecule has 14 heavy (non-hydrogen) atoms. The predicted molar refractivity (Wildman–Crippen MR) is 53.9 cm³/mol. The van der Waals surface area contributed by atoms with Crippen LogP contribution in [0.4, 0.5) is 0 Å². The van der Waals surface area contributed by atoms with E-state index in [4.69, 9.17) is 4.74 Å². The van der Waals surface area contributed by atoms with Gasteiger partial charge >= 0.3 is 5.97 Å². The SMILES string of the molecule is C=CC(=O)OC[C@@H]1CC2CCN1CC2. The molecule has 0 N–H and O–H groups in total. The van der Waals surface area contributed by atoms with Gasteiger partial charge in [0.2, 0.25) is 0 Å². The number of carbonyl (C=O) groups excluding carboxylic acids is 1. The Labute approximate surface area is 84.7 Å². The van der Waals surface area contributed by atoms with Crippen LogP contribution in [0.5, 0.6) is 0 Å². The molecule has 3 saturated heterocycles. The van der Waals surface area contributed by atoms with Crippen LogP contribution in [-0.2, 0) is 9.53 Å². The maximum Gasteiger partial charge on any atom is 0.330 e. The van der Waals surface area contributed by atoms with Gasteiger partial charge in [0.05, 0.1) is 0 Å². The van der Waals surface area contributed by atoms with Gasteiger partial charge in [-0.15, -0.1) is 0 Å². The molecule has 3 heterocycles. The monoisotopic (exact) mass is 195 g/mol. The largest absolute Gasteiger partial charge is 0.461 e. The maximum absolute atomic E-state index is 10.9. The Morgan fingerprint density at radius 2 is 2.21 bits per heavy atom. The minimum Gasteiger partial charge on any atom is -0.461 e. The summed E-state index contributed by atoms with van der Waals surface area (Å²) in [5, 5.41) is 0. The molecule has 0 unspecified atom stereocenters. The molecule has 3 fully saturated rings. The van der Waals surface area contributed by atoms with Crippen LogP contribution in [0.3, 0.4) is 0 Å². The van der Waals surface area contributed by atoms with E-state index in [1.54, 1.807) is 0 Å². The minimum absolute atomic E-state index is 0.298. The van der Waals surface area contributed by atoms with E-state index in [1.807, 2.05) is 0 Å². The molecule has 0 aromatic rings. The maximum atomic E-state index is 10.9. The summed E-state index contributed by atoms with van der Waals surface area (Å²) in [6.07, 6.45) is 5.08. The summed E-state index contributed by atoms with van der Waals surface area (Å²) in [7, 11) is 0. The standard InChI is InChI=1S/C11H17NO2/c1-2-11(13)14-8-10-7-9-3-5-12(10)6-4-9/h2,9-10H,1,3-8H2/t10-/m0/s1. The van der Waals surface area contributed by atoms with Gasteiger partial charge in [-0.05, 0) is 38.3 Å². The van der Waals surface area contributed by atoms with Crippen LogP contribution in [-0.4, -0.2) is 36.6 Å². The third-order valence-corrected chi connectivity index (χ3v) is 3.36. The molecule has 0 aliphatic carbocycles. The topological polar surface area (TPSA) is 29.5 Å². The van der Waals surface area contributed by atoms with Gasteiger partial charge in [0.15, 0.2) is 0 Å². The average molecular weight is 195 g/mol. The van der Waals surface area contributed by atoms with E-state index in [1.165, 1.54) is 38.4 Å². The van der Waals surface area contributed by atoms with Crippen LogP contribution in [0.1, 0.15) is 19.3 Å². The first-order valence-corrected chi connectivity index (χ1v) is 5.33. The van der Waals surface area contributed by atoms with Crippen LogP contribution >= 0.6 is 0 Å². The zero-order valence-corrected chi connectivity index (χ0v) is 8.45. The predicted octanol–water partition coefficient (Wildman–Crippen LogP) is 1.20. The summed E-state index contributed by atoms with van der Waals surface area (Å²) in [6, 6.07) is 0.464. The van der Waals surface area contributed by atoms with E-state index >= 15 is 0 Å². The minimum atomic E-state index is -0.298. The van der Waals surface area contributed by atoms with Crippen molar-refractivity contribution >= 4 is 5.97 Å². The van der Waals surface area contributed by atoms with Gasteiger partial charge in [0.1, 0.15) is 6.61 Å². The smallest absolute Gasteiger partial charge is 0.330 e. The highest BCUT2D eigenvalue weighted by Gasteiger charge is 2.33. The first kappa shape index (κ1) is 9.71. The highest BCUT2D eigenvalue weighted by molar-refractivity contribution is 5.81. The van der Waals surface area contributed by atoms with Crippen molar-refractivity contribution in [1.29, 1.82) is 0 Å². The zero-order valence-electron chi connectivity index (χ0n) is 8.45. The molecule has 0 saturated carbocycles. The molecule has 0 radical (unpaired) electrons. The number of carbonyl (C=O) groups is 1. The van der Waals surface area contributed by atoms with Crippen LogP contribution in [0.25, 0.3) is 0 Å². The molecule has 0 aromatic carbocycles. The molecule has 3 aliphatic rings. The lowest BCUT2D eigenvalue weighted by atomic mass is 9.84. The lowest BCUT2D eigenvalue weighted by molar-refractivity contribution is -0.141. The Morgan fingerprint density at radius 3 is 2.71 bits per heavy atom. The van der Waals surface area contributed by atoms with Crippen molar-refractivity contribution in [3.63, 3.8) is 0 Å². The third-order valence-electron chi connectivity index (χ3n) is 3.36. The summed E-state index contributed by atoms with van der Waals surface area (Å²) < 4.78 is 5.08. The van der Waals surface area contributed by atoms with Crippen molar-refractivity contribution in [1.82, 2.24) is 4.90 Å². The number of piperidine rings is 3. The molecule has 3 aliphatic heterocycles. The molecule has 0 amide bonds. The molecular formula is C11H17NO2. The number of rotatable bonds is 3. The lowest BCUT2D eigenvalue weighted by Crippen LogP contribution is -2.50. The number of hydrogen-bond donors (Lipinski definition) is 0. The molecule has 3 heteroatoms. The first-order chi connectivity index (χ1) is 6.79. The zero-order chi connectivity index (χ0) is 9.97. The number of ether oxygens (including phenoxy) is 1. The summed E-state index contributed by atoms with van der Waals surface area (Å²) in [6.45, 7) is 6.29. The molecule has 1 atom stereocenters.